The van der Waals surface area contributed by atoms with Gasteiger partial charge in [0.2, 0.25) is 0 Å². The van der Waals surface area contributed by atoms with Crippen LogP contribution in [0, 0.1) is 13.8 Å². The Labute approximate surface area is 129 Å². The minimum atomic E-state index is -0.267. The first-order chi connectivity index (χ1) is 9.74. The Morgan fingerprint density at radius 1 is 1.24 bits per heavy atom. The summed E-state index contributed by atoms with van der Waals surface area (Å²) in [6.07, 6.45) is 0. The molecule has 2 N–H and O–H groups in total. The number of urea groups is 1. The van der Waals surface area contributed by atoms with E-state index >= 15 is 0 Å². The molecule has 0 bridgehead atoms. The normalized spacial score (nSPS) is 11.3. The van der Waals surface area contributed by atoms with Gasteiger partial charge in [0.05, 0.1) is 5.69 Å². The zero-order valence-electron chi connectivity index (χ0n) is 13.1. The lowest BCUT2D eigenvalue weighted by atomic mass is 10.0. The van der Waals surface area contributed by atoms with E-state index in [0.29, 0.717) is 5.13 Å². The second-order valence-corrected chi connectivity index (χ2v) is 7.04. The van der Waals surface area contributed by atoms with Gasteiger partial charge in [0.25, 0.3) is 0 Å². The van der Waals surface area contributed by atoms with Gasteiger partial charge < -0.3 is 5.32 Å². The van der Waals surface area contributed by atoms with Gasteiger partial charge in [0.1, 0.15) is 0 Å². The zero-order valence-corrected chi connectivity index (χ0v) is 13.9. The van der Waals surface area contributed by atoms with E-state index in [-0.39, 0.29) is 11.6 Å². The van der Waals surface area contributed by atoms with E-state index in [1.807, 2.05) is 26.2 Å². The number of carbonyl (C=O) groups is 1. The summed E-state index contributed by atoms with van der Waals surface area (Å²) >= 11 is 1.43. The van der Waals surface area contributed by atoms with Crippen LogP contribution in [0.1, 0.15) is 31.9 Å². The molecule has 0 atom stereocenters. The SMILES string of the molecule is Cc1ccc(C)c(-c2csc(NC(=O)NC(C)(C)C)n2)c1. The molecule has 1 aromatic heterocycles. The molecular weight excluding hydrogens is 282 g/mol. The molecule has 4 nitrogen and oxygen atoms in total. The maximum Gasteiger partial charge on any atom is 0.321 e. The standard InChI is InChI=1S/C16H21N3OS/c1-10-6-7-11(2)12(8-10)13-9-21-15(17-13)18-14(20)19-16(3,4)5/h6-9H,1-5H3,(H2,17,18,19,20). The lowest BCUT2D eigenvalue weighted by Gasteiger charge is -2.20. The molecule has 0 fully saturated rings. The van der Waals surface area contributed by atoms with Gasteiger partial charge in [0.15, 0.2) is 5.13 Å². The van der Waals surface area contributed by atoms with Crippen LogP contribution in [-0.2, 0) is 0 Å². The summed E-state index contributed by atoms with van der Waals surface area (Å²) in [4.78, 5) is 16.3. The van der Waals surface area contributed by atoms with Crippen molar-refractivity contribution >= 4 is 22.5 Å². The first-order valence-corrected chi connectivity index (χ1v) is 7.75. The maximum atomic E-state index is 11.8. The van der Waals surface area contributed by atoms with Crippen molar-refractivity contribution in [3.63, 3.8) is 0 Å². The van der Waals surface area contributed by atoms with Crippen molar-refractivity contribution in [2.45, 2.75) is 40.2 Å². The second-order valence-electron chi connectivity index (χ2n) is 6.19. The van der Waals surface area contributed by atoms with Gasteiger partial charge in [-0.3, -0.25) is 5.32 Å². The topological polar surface area (TPSA) is 54.0 Å². The van der Waals surface area contributed by atoms with Gasteiger partial charge in [-0.2, -0.15) is 0 Å². The predicted molar refractivity (Wildman–Crippen MR) is 88.9 cm³/mol. The van der Waals surface area contributed by atoms with Crippen LogP contribution in [0.25, 0.3) is 11.3 Å². The van der Waals surface area contributed by atoms with Crippen LogP contribution in [0.15, 0.2) is 23.6 Å². The number of amides is 2. The second kappa shape index (κ2) is 5.85. The lowest BCUT2D eigenvalue weighted by molar-refractivity contribution is 0.244. The molecule has 5 heteroatoms. The monoisotopic (exact) mass is 303 g/mol. The molecule has 2 aromatic rings. The summed E-state index contributed by atoms with van der Waals surface area (Å²) in [6, 6.07) is 6.05. The Hall–Kier alpha value is -1.88. The number of carbonyl (C=O) groups excluding carboxylic acids is 1. The number of thiazole rings is 1. The molecule has 21 heavy (non-hydrogen) atoms. The summed E-state index contributed by atoms with van der Waals surface area (Å²) in [5.74, 6) is 0. The molecule has 0 radical (unpaired) electrons. The number of nitrogens with one attached hydrogen (secondary N) is 2. The molecule has 0 saturated heterocycles. The van der Waals surface area contributed by atoms with E-state index in [2.05, 4.69) is 47.7 Å². The van der Waals surface area contributed by atoms with Crippen LogP contribution >= 0.6 is 11.3 Å². The number of hydrogen-bond donors (Lipinski definition) is 2. The highest BCUT2D eigenvalue weighted by Crippen LogP contribution is 2.28. The van der Waals surface area contributed by atoms with Gasteiger partial charge in [-0.25, -0.2) is 9.78 Å². The smallest absolute Gasteiger partial charge is 0.321 e. The van der Waals surface area contributed by atoms with Crippen LogP contribution in [0.3, 0.4) is 0 Å². The number of aryl methyl sites for hydroxylation is 2. The van der Waals surface area contributed by atoms with Gasteiger partial charge >= 0.3 is 6.03 Å². The third-order valence-corrected chi connectivity index (χ3v) is 3.64. The van der Waals surface area contributed by atoms with E-state index in [0.717, 1.165) is 11.3 Å². The average Bonchev–Trinajstić information content (AvgIpc) is 2.78. The Balaban J connectivity index is 2.15. The summed E-state index contributed by atoms with van der Waals surface area (Å²) < 4.78 is 0. The number of anilines is 1. The summed E-state index contributed by atoms with van der Waals surface area (Å²) in [5.41, 5.74) is 4.11. The highest BCUT2D eigenvalue weighted by Gasteiger charge is 2.15. The molecule has 0 unspecified atom stereocenters. The van der Waals surface area contributed by atoms with Crippen LogP contribution in [-0.4, -0.2) is 16.6 Å². The van der Waals surface area contributed by atoms with Crippen molar-refractivity contribution in [3.05, 3.63) is 34.7 Å². The van der Waals surface area contributed by atoms with Gasteiger partial charge in [0, 0.05) is 16.5 Å². The molecule has 112 valence electrons. The van der Waals surface area contributed by atoms with Gasteiger partial charge in [-0.05, 0) is 46.2 Å². The van der Waals surface area contributed by atoms with Crippen LogP contribution in [0.5, 0.6) is 0 Å². The predicted octanol–water partition coefficient (Wildman–Crippen LogP) is 4.35. The van der Waals surface area contributed by atoms with E-state index in [4.69, 9.17) is 0 Å². The molecule has 0 saturated carbocycles. The number of hydrogen-bond acceptors (Lipinski definition) is 3. The van der Waals surface area contributed by atoms with Crippen molar-refractivity contribution in [2.75, 3.05) is 5.32 Å². The van der Waals surface area contributed by atoms with Crippen molar-refractivity contribution < 1.29 is 4.79 Å². The fourth-order valence-electron chi connectivity index (χ4n) is 1.94. The van der Waals surface area contributed by atoms with Crippen LogP contribution in [0.2, 0.25) is 0 Å². The fourth-order valence-corrected chi connectivity index (χ4v) is 2.64. The van der Waals surface area contributed by atoms with Crippen molar-refractivity contribution in [3.8, 4) is 11.3 Å². The van der Waals surface area contributed by atoms with Crippen molar-refractivity contribution in [1.29, 1.82) is 0 Å². The first kappa shape index (κ1) is 15.5. The van der Waals surface area contributed by atoms with Crippen molar-refractivity contribution in [1.82, 2.24) is 10.3 Å². The molecule has 0 spiro atoms. The molecule has 2 rings (SSSR count). The van der Waals surface area contributed by atoms with E-state index in [1.165, 1.54) is 22.5 Å². The molecule has 0 aliphatic carbocycles. The summed E-state index contributed by atoms with van der Waals surface area (Å²) in [7, 11) is 0. The molecule has 2 amide bonds. The third kappa shape index (κ3) is 4.29. The highest BCUT2D eigenvalue weighted by molar-refractivity contribution is 7.14. The van der Waals surface area contributed by atoms with Crippen LogP contribution < -0.4 is 10.6 Å². The molecular formula is C16H21N3OS. The molecule has 1 heterocycles. The Morgan fingerprint density at radius 2 is 1.95 bits per heavy atom. The highest BCUT2D eigenvalue weighted by atomic mass is 32.1. The number of benzene rings is 1. The minimum Gasteiger partial charge on any atom is -0.333 e. The Kier molecular flexibility index (Phi) is 4.32. The summed E-state index contributed by atoms with van der Waals surface area (Å²) in [5, 5.41) is 8.20. The van der Waals surface area contributed by atoms with E-state index in [9.17, 15) is 4.79 Å². The molecule has 0 aliphatic heterocycles. The Morgan fingerprint density at radius 3 is 2.62 bits per heavy atom. The van der Waals surface area contributed by atoms with Gasteiger partial charge in [-0.1, -0.05) is 17.7 Å². The molecule has 1 aromatic carbocycles. The fraction of sp³-hybridized carbons (Fsp3) is 0.375. The first-order valence-electron chi connectivity index (χ1n) is 6.87. The molecule has 0 aliphatic rings. The maximum absolute atomic E-state index is 11.8. The average molecular weight is 303 g/mol. The lowest BCUT2D eigenvalue weighted by Crippen LogP contribution is -2.43. The third-order valence-electron chi connectivity index (χ3n) is 2.88. The van der Waals surface area contributed by atoms with Crippen LogP contribution in [0.4, 0.5) is 9.93 Å². The number of aromatic nitrogens is 1. The zero-order chi connectivity index (χ0) is 15.6. The minimum absolute atomic E-state index is 0.232. The quantitative estimate of drug-likeness (QED) is 0.866. The van der Waals surface area contributed by atoms with E-state index in [1.54, 1.807) is 0 Å². The van der Waals surface area contributed by atoms with E-state index < -0.39 is 0 Å². The number of nitrogens with zero attached hydrogens (tertiary/aromatic N) is 1. The number of rotatable bonds is 2. The largest absolute Gasteiger partial charge is 0.333 e. The van der Waals surface area contributed by atoms with Gasteiger partial charge in [-0.15, -0.1) is 11.3 Å². The Bertz CT molecular complexity index is 656. The van der Waals surface area contributed by atoms with Crippen molar-refractivity contribution in [2.24, 2.45) is 0 Å². The summed E-state index contributed by atoms with van der Waals surface area (Å²) in [6.45, 7) is 9.95.